The van der Waals surface area contributed by atoms with Gasteiger partial charge in [0.15, 0.2) is 0 Å². The summed E-state index contributed by atoms with van der Waals surface area (Å²) in [6, 6.07) is 2.67. The Bertz CT molecular complexity index is 587. The van der Waals surface area contributed by atoms with Crippen molar-refractivity contribution in [2.75, 3.05) is 6.61 Å². The molecule has 0 spiro atoms. The van der Waals surface area contributed by atoms with Crippen LogP contribution in [0.25, 0.3) is 0 Å². The number of rotatable bonds is 22. The van der Waals surface area contributed by atoms with Crippen LogP contribution in [0, 0.1) is 0 Å². The Morgan fingerprint density at radius 1 is 0.656 bits per heavy atom. The van der Waals surface area contributed by atoms with E-state index in [1.807, 2.05) is 0 Å². The third-order valence-electron chi connectivity index (χ3n) is 6.17. The van der Waals surface area contributed by atoms with Gasteiger partial charge in [-0.1, -0.05) is 129 Å². The van der Waals surface area contributed by atoms with Crippen molar-refractivity contribution in [2.45, 2.75) is 135 Å². The van der Waals surface area contributed by atoms with Crippen molar-refractivity contribution in [1.29, 1.82) is 0 Å². The summed E-state index contributed by atoms with van der Waals surface area (Å²) in [6.07, 6.45) is 28.2. The van der Waals surface area contributed by atoms with Gasteiger partial charge in [-0.2, -0.15) is 0 Å². The SMILES string of the molecule is CCCCCCCCCCCCCCCCCCCCCCOC(=O)c1ccc(=O)oc1. The highest BCUT2D eigenvalue weighted by Crippen LogP contribution is 2.15. The molecule has 1 heterocycles. The quantitative estimate of drug-likeness (QED) is 0.132. The Morgan fingerprint density at radius 3 is 1.44 bits per heavy atom. The molecule has 1 aromatic rings. The average Bonchev–Trinajstić information content (AvgIpc) is 2.80. The predicted molar refractivity (Wildman–Crippen MR) is 133 cm³/mol. The van der Waals surface area contributed by atoms with E-state index < -0.39 is 11.6 Å². The van der Waals surface area contributed by atoms with Gasteiger partial charge in [-0.15, -0.1) is 0 Å². The molecule has 4 nitrogen and oxygen atoms in total. The Hall–Kier alpha value is -1.58. The second-order valence-corrected chi connectivity index (χ2v) is 9.20. The minimum absolute atomic E-state index is 0.290. The summed E-state index contributed by atoms with van der Waals surface area (Å²) in [5.41, 5.74) is -0.173. The molecule has 0 N–H and O–H groups in total. The summed E-state index contributed by atoms with van der Waals surface area (Å²) in [5, 5.41) is 0. The Labute approximate surface area is 196 Å². The minimum Gasteiger partial charge on any atom is -0.462 e. The van der Waals surface area contributed by atoms with E-state index in [4.69, 9.17) is 4.74 Å². The maximum absolute atomic E-state index is 11.8. The average molecular weight is 449 g/mol. The Kier molecular flexibility index (Phi) is 18.9. The largest absolute Gasteiger partial charge is 0.462 e. The molecule has 32 heavy (non-hydrogen) atoms. The molecule has 0 saturated heterocycles. The second-order valence-electron chi connectivity index (χ2n) is 9.20. The van der Waals surface area contributed by atoms with Crippen LogP contribution in [0.3, 0.4) is 0 Å². The summed E-state index contributed by atoms with van der Waals surface area (Å²) in [5.74, 6) is -0.424. The fourth-order valence-corrected chi connectivity index (χ4v) is 4.08. The molecule has 184 valence electrons. The molecule has 0 radical (unpaired) electrons. The van der Waals surface area contributed by atoms with Crippen LogP contribution >= 0.6 is 0 Å². The first-order valence-corrected chi connectivity index (χ1v) is 13.5. The lowest BCUT2D eigenvalue weighted by molar-refractivity contribution is 0.0494. The van der Waals surface area contributed by atoms with Gasteiger partial charge < -0.3 is 9.15 Å². The zero-order valence-corrected chi connectivity index (χ0v) is 20.7. The first-order valence-electron chi connectivity index (χ1n) is 13.5. The highest BCUT2D eigenvalue weighted by Gasteiger charge is 2.07. The number of hydrogen-bond acceptors (Lipinski definition) is 4. The van der Waals surface area contributed by atoms with Gasteiger partial charge in [-0.05, 0) is 12.5 Å². The molecule has 0 aliphatic heterocycles. The van der Waals surface area contributed by atoms with E-state index in [-0.39, 0.29) is 5.56 Å². The maximum atomic E-state index is 11.8. The van der Waals surface area contributed by atoms with Crippen LogP contribution in [-0.2, 0) is 4.74 Å². The van der Waals surface area contributed by atoms with E-state index in [0.29, 0.717) is 6.61 Å². The molecule has 0 bridgehead atoms. The third kappa shape index (κ3) is 17.0. The molecular formula is C28H48O4. The van der Waals surface area contributed by atoms with Crippen LogP contribution in [0.1, 0.15) is 146 Å². The topological polar surface area (TPSA) is 56.5 Å². The molecule has 0 aliphatic carbocycles. The molecule has 1 rings (SSSR count). The van der Waals surface area contributed by atoms with Crippen LogP contribution in [0.4, 0.5) is 0 Å². The van der Waals surface area contributed by atoms with Crippen molar-refractivity contribution in [2.24, 2.45) is 0 Å². The van der Waals surface area contributed by atoms with E-state index >= 15 is 0 Å². The molecule has 0 aromatic carbocycles. The van der Waals surface area contributed by atoms with E-state index in [2.05, 4.69) is 11.3 Å². The van der Waals surface area contributed by atoms with Gasteiger partial charge in [-0.3, -0.25) is 0 Å². The fourth-order valence-electron chi connectivity index (χ4n) is 4.08. The van der Waals surface area contributed by atoms with Crippen LogP contribution in [0.15, 0.2) is 27.6 Å². The van der Waals surface area contributed by atoms with Crippen LogP contribution in [0.5, 0.6) is 0 Å². The first-order chi connectivity index (χ1) is 15.7. The number of unbranched alkanes of at least 4 members (excludes halogenated alkanes) is 19. The van der Waals surface area contributed by atoms with Gasteiger partial charge in [0, 0.05) is 6.07 Å². The minimum atomic E-state index is -0.462. The smallest absolute Gasteiger partial charge is 0.341 e. The first kappa shape index (κ1) is 28.5. The van der Waals surface area contributed by atoms with Crippen LogP contribution < -0.4 is 5.63 Å². The monoisotopic (exact) mass is 448 g/mol. The zero-order chi connectivity index (χ0) is 23.1. The van der Waals surface area contributed by atoms with Crippen molar-refractivity contribution in [3.05, 3.63) is 34.4 Å². The normalized spacial score (nSPS) is 11.0. The van der Waals surface area contributed by atoms with Crippen molar-refractivity contribution >= 4 is 5.97 Å². The predicted octanol–water partition coefficient (Wildman–Crippen LogP) is 8.62. The van der Waals surface area contributed by atoms with E-state index in [1.165, 1.54) is 128 Å². The molecule has 0 atom stereocenters. The Morgan fingerprint density at radius 2 is 1.06 bits per heavy atom. The Balaban J connectivity index is 1.73. The van der Waals surface area contributed by atoms with E-state index in [1.54, 1.807) is 0 Å². The summed E-state index contributed by atoms with van der Waals surface area (Å²) in [7, 11) is 0. The highest BCUT2D eigenvalue weighted by molar-refractivity contribution is 5.88. The number of ether oxygens (including phenoxy) is 1. The molecule has 4 heteroatoms. The number of esters is 1. The summed E-state index contributed by atoms with van der Waals surface area (Å²) >= 11 is 0. The molecule has 1 aromatic heterocycles. The van der Waals surface area contributed by atoms with Gasteiger partial charge in [0.25, 0.3) is 0 Å². The van der Waals surface area contributed by atoms with Gasteiger partial charge in [-0.25, -0.2) is 9.59 Å². The summed E-state index contributed by atoms with van der Waals surface area (Å²) < 4.78 is 9.88. The molecule has 0 unspecified atom stereocenters. The van der Waals surface area contributed by atoms with Gasteiger partial charge in [0.2, 0.25) is 0 Å². The lowest BCUT2D eigenvalue weighted by atomic mass is 10.0. The molecule has 0 aliphatic rings. The van der Waals surface area contributed by atoms with Crippen molar-refractivity contribution in [3.63, 3.8) is 0 Å². The van der Waals surface area contributed by atoms with Gasteiger partial charge in [0.05, 0.1) is 12.2 Å². The van der Waals surface area contributed by atoms with Crippen molar-refractivity contribution in [3.8, 4) is 0 Å². The zero-order valence-electron chi connectivity index (χ0n) is 20.7. The second kappa shape index (κ2) is 21.3. The summed E-state index contributed by atoms with van der Waals surface area (Å²) in [6.45, 7) is 2.71. The lowest BCUT2D eigenvalue weighted by Crippen LogP contribution is -2.08. The lowest BCUT2D eigenvalue weighted by Gasteiger charge is -2.05. The standard InChI is InChI=1S/C28H48O4/c1-2-3-4-5-6-7-8-9-10-11-12-13-14-15-16-17-18-19-20-21-24-31-28(30)26-22-23-27(29)32-25-26/h22-23,25H,2-21,24H2,1H3. The number of hydrogen-bond donors (Lipinski definition) is 0. The summed E-state index contributed by atoms with van der Waals surface area (Å²) in [4.78, 5) is 22.7. The molecular weight excluding hydrogens is 400 g/mol. The van der Waals surface area contributed by atoms with Gasteiger partial charge >= 0.3 is 11.6 Å². The molecule has 0 saturated carbocycles. The van der Waals surface area contributed by atoms with Crippen molar-refractivity contribution in [1.82, 2.24) is 0 Å². The fraction of sp³-hybridized carbons (Fsp3) is 0.786. The van der Waals surface area contributed by atoms with E-state index in [0.717, 1.165) is 19.1 Å². The van der Waals surface area contributed by atoms with Crippen LogP contribution in [0.2, 0.25) is 0 Å². The van der Waals surface area contributed by atoms with Gasteiger partial charge in [0.1, 0.15) is 6.26 Å². The number of carbonyl (C=O) groups excluding carboxylic acids is 1. The third-order valence-corrected chi connectivity index (χ3v) is 6.17. The van der Waals surface area contributed by atoms with Crippen molar-refractivity contribution < 1.29 is 13.9 Å². The molecule has 0 amide bonds. The maximum Gasteiger partial charge on any atom is 0.341 e. The van der Waals surface area contributed by atoms with E-state index in [9.17, 15) is 9.59 Å². The van der Waals surface area contributed by atoms with Crippen LogP contribution in [-0.4, -0.2) is 12.6 Å². The number of carbonyl (C=O) groups is 1. The molecule has 0 fully saturated rings. The highest BCUT2D eigenvalue weighted by atomic mass is 16.5.